The zero-order valence-electron chi connectivity index (χ0n) is 18.8. The van der Waals surface area contributed by atoms with Gasteiger partial charge < -0.3 is 4.98 Å². The SMILES string of the molecule is c1cc(CCCB2C3CCCC2CCC3)[nH]c1CCCB1C2CCCC1CCC2. The summed E-state index contributed by atoms with van der Waals surface area (Å²) >= 11 is 0. The van der Waals surface area contributed by atoms with Crippen LogP contribution in [0.2, 0.25) is 35.9 Å². The van der Waals surface area contributed by atoms with Crippen molar-refractivity contribution in [2.24, 2.45) is 0 Å². The molecule has 4 fully saturated rings. The van der Waals surface area contributed by atoms with E-state index >= 15 is 0 Å². The fraction of sp³-hybridized carbons (Fsp3) is 0.846. The predicted molar refractivity (Wildman–Crippen MR) is 129 cm³/mol. The quantitative estimate of drug-likeness (QED) is 0.431. The first-order valence-electron chi connectivity index (χ1n) is 13.5. The molecule has 0 radical (unpaired) electrons. The summed E-state index contributed by atoms with van der Waals surface area (Å²) in [4.78, 5) is 3.79. The Morgan fingerprint density at radius 2 is 0.931 bits per heavy atom. The molecule has 4 aliphatic rings. The molecule has 1 aromatic rings. The smallest absolute Gasteiger partial charge is 0.146 e. The van der Waals surface area contributed by atoms with E-state index in [2.05, 4.69) is 17.1 Å². The second kappa shape index (κ2) is 9.69. The van der Waals surface area contributed by atoms with Gasteiger partial charge in [0.15, 0.2) is 0 Å². The predicted octanol–water partition coefficient (Wildman–Crippen LogP) is 8.09. The molecule has 29 heavy (non-hydrogen) atoms. The molecule has 158 valence electrons. The van der Waals surface area contributed by atoms with Gasteiger partial charge in [-0.25, -0.2) is 0 Å². The summed E-state index contributed by atoms with van der Waals surface area (Å²) < 4.78 is 0. The summed E-state index contributed by atoms with van der Waals surface area (Å²) in [5.74, 6) is 4.34. The summed E-state index contributed by atoms with van der Waals surface area (Å²) in [5, 5.41) is 0. The van der Waals surface area contributed by atoms with Gasteiger partial charge in [0, 0.05) is 11.4 Å². The lowest BCUT2D eigenvalue weighted by molar-refractivity contribution is 0.440. The number of hydrogen-bond donors (Lipinski definition) is 1. The highest BCUT2D eigenvalue weighted by Gasteiger charge is 2.39. The Morgan fingerprint density at radius 1 is 0.586 bits per heavy atom. The van der Waals surface area contributed by atoms with Gasteiger partial charge in [-0.1, -0.05) is 126 Å². The van der Waals surface area contributed by atoms with E-state index in [1.807, 2.05) is 0 Å². The first-order valence-corrected chi connectivity index (χ1v) is 13.5. The van der Waals surface area contributed by atoms with Crippen molar-refractivity contribution in [3.8, 4) is 0 Å². The highest BCUT2D eigenvalue weighted by atomic mass is 14.7. The van der Waals surface area contributed by atoms with E-state index in [4.69, 9.17) is 0 Å². The molecule has 0 aromatic carbocycles. The van der Waals surface area contributed by atoms with Gasteiger partial charge in [0.05, 0.1) is 0 Å². The maximum Gasteiger partial charge on any atom is 0.146 e. The van der Waals surface area contributed by atoms with E-state index in [0.717, 1.165) is 36.7 Å². The topological polar surface area (TPSA) is 15.8 Å². The summed E-state index contributed by atoms with van der Waals surface area (Å²) in [6.07, 6.45) is 26.8. The minimum Gasteiger partial charge on any atom is -0.362 e. The van der Waals surface area contributed by atoms with E-state index in [9.17, 15) is 0 Å². The number of aromatic nitrogens is 1. The van der Waals surface area contributed by atoms with Crippen molar-refractivity contribution in [2.45, 2.75) is 139 Å². The van der Waals surface area contributed by atoms with Crippen molar-refractivity contribution in [1.29, 1.82) is 0 Å². The van der Waals surface area contributed by atoms with Crippen LogP contribution in [0, 0.1) is 0 Å². The third-order valence-corrected chi connectivity index (χ3v) is 9.80. The molecule has 0 saturated carbocycles. The highest BCUT2D eigenvalue weighted by Crippen LogP contribution is 2.49. The summed E-state index contributed by atoms with van der Waals surface area (Å²) in [6.45, 7) is 2.14. The molecule has 1 nitrogen and oxygen atoms in total. The zero-order valence-corrected chi connectivity index (χ0v) is 18.8. The number of aromatic amines is 1. The molecule has 0 atom stereocenters. The molecule has 3 heteroatoms. The van der Waals surface area contributed by atoms with Crippen LogP contribution in [0.4, 0.5) is 0 Å². The number of nitrogens with one attached hydrogen (secondary N) is 1. The third-order valence-electron chi connectivity index (χ3n) is 9.80. The first-order chi connectivity index (χ1) is 14.4. The van der Waals surface area contributed by atoms with Crippen LogP contribution in [0.15, 0.2) is 12.1 Å². The number of H-pyrrole nitrogens is 1. The van der Waals surface area contributed by atoms with Crippen molar-refractivity contribution in [3.05, 3.63) is 23.5 Å². The highest BCUT2D eigenvalue weighted by molar-refractivity contribution is 6.63. The molecule has 5 heterocycles. The van der Waals surface area contributed by atoms with Gasteiger partial charge in [0.2, 0.25) is 0 Å². The monoisotopic (exact) mass is 391 g/mol. The second-order valence-corrected chi connectivity index (χ2v) is 11.4. The molecule has 4 bridgehead atoms. The van der Waals surface area contributed by atoms with Crippen LogP contribution in [-0.4, -0.2) is 18.4 Å². The first kappa shape index (κ1) is 20.3. The van der Waals surface area contributed by atoms with E-state index < -0.39 is 0 Å². The van der Waals surface area contributed by atoms with Crippen LogP contribution < -0.4 is 0 Å². The molecular formula is C26H43B2N. The Kier molecular flexibility index (Phi) is 6.79. The molecule has 0 aliphatic carbocycles. The van der Waals surface area contributed by atoms with E-state index in [1.54, 1.807) is 0 Å². The van der Waals surface area contributed by atoms with Crippen molar-refractivity contribution < 1.29 is 0 Å². The van der Waals surface area contributed by atoms with Crippen LogP contribution in [0.3, 0.4) is 0 Å². The summed E-state index contributed by atoms with van der Waals surface area (Å²) in [7, 11) is 0. The fourth-order valence-electron chi connectivity index (χ4n) is 8.41. The Hall–Kier alpha value is -0.590. The summed E-state index contributed by atoms with van der Waals surface area (Å²) in [5.41, 5.74) is 3.02. The lowest BCUT2D eigenvalue weighted by Gasteiger charge is -2.40. The van der Waals surface area contributed by atoms with Gasteiger partial charge >= 0.3 is 0 Å². The Bertz CT molecular complexity index is 544. The van der Waals surface area contributed by atoms with Crippen molar-refractivity contribution >= 4 is 13.4 Å². The van der Waals surface area contributed by atoms with Crippen LogP contribution in [0.1, 0.15) is 101 Å². The maximum atomic E-state index is 3.79. The average Bonchev–Trinajstić information content (AvgIpc) is 3.15. The van der Waals surface area contributed by atoms with Crippen LogP contribution in [-0.2, 0) is 12.8 Å². The van der Waals surface area contributed by atoms with Crippen LogP contribution >= 0.6 is 0 Å². The Morgan fingerprint density at radius 3 is 1.28 bits per heavy atom. The second-order valence-electron chi connectivity index (χ2n) is 11.4. The molecule has 1 aromatic heterocycles. The van der Waals surface area contributed by atoms with E-state index in [-0.39, 0.29) is 0 Å². The van der Waals surface area contributed by atoms with Gasteiger partial charge in [-0.3, -0.25) is 0 Å². The average molecular weight is 391 g/mol. The minimum absolute atomic E-state index is 1.07. The maximum absolute atomic E-state index is 3.79. The summed E-state index contributed by atoms with van der Waals surface area (Å²) in [6, 6.07) is 4.79. The van der Waals surface area contributed by atoms with Gasteiger partial charge in [0.1, 0.15) is 13.4 Å². The zero-order chi connectivity index (χ0) is 19.5. The lowest BCUT2D eigenvalue weighted by Crippen LogP contribution is -2.34. The fourth-order valence-corrected chi connectivity index (χ4v) is 8.41. The largest absolute Gasteiger partial charge is 0.362 e. The molecule has 4 saturated heterocycles. The van der Waals surface area contributed by atoms with Gasteiger partial charge in [0.25, 0.3) is 0 Å². The number of rotatable bonds is 8. The van der Waals surface area contributed by atoms with Crippen molar-refractivity contribution in [3.63, 3.8) is 0 Å². The van der Waals surface area contributed by atoms with E-state index in [0.29, 0.717) is 0 Å². The number of fused-ring (bicyclic) bond motifs is 4. The number of hydrogen-bond acceptors (Lipinski definition) is 0. The van der Waals surface area contributed by atoms with Gasteiger partial charge in [-0.05, 0) is 25.0 Å². The normalized spacial score (nSPS) is 31.9. The van der Waals surface area contributed by atoms with Gasteiger partial charge in [-0.2, -0.15) is 0 Å². The van der Waals surface area contributed by atoms with Crippen molar-refractivity contribution in [1.82, 2.24) is 4.98 Å². The molecule has 0 spiro atoms. The van der Waals surface area contributed by atoms with Gasteiger partial charge in [-0.15, -0.1) is 0 Å². The Labute approximate surface area is 180 Å². The minimum atomic E-state index is 1.07. The van der Waals surface area contributed by atoms with Crippen LogP contribution in [0.5, 0.6) is 0 Å². The van der Waals surface area contributed by atoms with Crippen molar-refractivity contribution in [2.75, 3.05) is 0 Å². The van der Waals surface area contributed by atoms with Crippen LogP contribution in [0.25, 0.3) is 0 Å². The third kappa shape index (κ3) is 4.85. The molecule has 0 amide bonds. The molecule has 5 rings (SSSR count). The Balaban J connectivity index is 1.04. The standard InChI is InChI=1S/C26H43B2N/c1-7-21-9-2-10-22(8-1)27(21)19-5-15-25-17-18-26(29-25)16-6-20-28-23-11-3-12-24(28)14-4-13-23/h17-18,21-24,29H,1-16,19-20H2. The lowest BCUT2D eigenvalue weighted by atomic mass is 9.26. The molecular weight excluding hydrogens is 348 g/mol. The number of aryl methyl sites for hydroxylation is 2. The molecule has 0 unspecified atom stereocenters. The molecule has 1 N–H and O–H groups in total. The molecule has 4 aliphatic heterocycles. The van der Waals surface area contributed by atoms with E-state index in [1.165, 1.54) is 127 Å².